The van der Waals surface area contributed by atoms with Crippen LogP contribution in [0.5, 0.6) is 0 Å². The van der Waals surface area contributed by atoms with Crippen molar-refractivity contribution in [3.8, 4) is 0 Å². The average Bonchev–Trinajstić information content (AvgIpc) is 2.97. The third-order valence-electron chi connectivity index (χ3n) is 4.55. The Morgan fingerprint density at radius 1 is 1.29 bits per heavy atom. The minimum atomic E-state index is 0.0432. The molecule has 5 heteroatoms. The number of hydrogen-bond donors (Lipinski definition) is 1. The number of piperidine rings is 1. The summed E-state index contributed by atoms with van der Waals surface area (Å²) in [6.45, 7) is 9.63. The maximum Gasteiger partial charge on any atom is 0.263 e. The highest BCUT2D eigenvalue weighted by atomic mass is 32.1. The van der Waals surface area contributed by atoms with Crippen molar-refractivity contribution in [1.29, 1.82) is 0 Å². The van der Waals surface area contributed by atoms with Gasteiger partial charge in [0, 0.05) is 29.9 Å². The summed E-state index contributed by atoms with van der Waals surface area (Å²) in [6, 6.07) is 2.25. The molecule has 2 amide bonds. The molecule has 0 aliphatic carbocycles. The molecular formula is C19H30N2O2S. The van der Waals surface area contributed by atoms with Gasteiger partial charge in [0.1, 0.15) is 0 Å². The van der Waals surface area contributed by atoms with E-state index in [1.807, 2.05) is 18.7 Å². The first-order chi connectivity index (χ1) is 11.5. The predicted octanol–water partition coefficient (Wildman–Crippen LogP) is 3.64. The first kappa shape index (κ1) is 19.0. The van der Waals surface area contributed by atoms with Crippen LogP contribution in [0.2, 0.25) is 0 Å². The summed E-state index contributed by atoms with van der Waals surface area (Å²) in [5, 5.41) is 2.98. The Bertz CT molecular complexity index is 572. The fraction of sp³-hybridized carbons (Fsp3) is 0.684. The van der Waals surface area contributed by atoms with Gasteiger partial charge >= 0.3 is 0 Å². The molecule has 0 saturated carbocycles. The number of amides is 2. The highest BCUT2D eigenvalue weighted by Gasteiger charge is 2.28. The van der Waals surface area contributed by atoms with Gasteiger partial charge in [-0.1, -0.05) is 20.3 Å². The van der Waals surface area contributed by atoms with E-state index < -0.39 is 0 Å². The minimum absolute atomic E-state index is 0.0432. The van der Waals surface area contributed by atoms with Gasteiger partial charge in [-0.25, -0.2) is 0 Å². The molecule has 2 rings (SSSR count). The van der Waals surface area contributed by atoms with Crippen LogP contribution in [0, 0.1) is 5.92 Å². The van der Waals surface area contributed by atoms with Crippen molar-refractivity contribution in [2.24, 2.45) is 5.92 Å². The Balaban J connectivity index is 1.96. The number of hydrogen-bond acceptors (Lipinski definition) is 3. The average molecular weight is 351 g/mol. The molecule has 0 unspecified atom stereocenters. The molecule has 2 heterocycles. The highest BCUT2D eigenvalue weighted by Crippen LogP contribution is 2.27. The molecule has 24 heavy (non-hydrogen) atoms. The first-order valence-electron chi connectivity index (χ1n) is 9.17. The van der Waals surface area contributed by atoms with Crippen LogP contribution in [-0.2, 0) is 17.6 Å². The highest BCUT2D eigenvalue weighted by molar-refractivity contribution is 7.14. The van der Waals surface area contributed by atoms with Crippen LogP contribution in [0.1, 0.15) is 67.1 Å². The summed E-state index contributed by atoms with van der Waals surface area (Å²) < 4.78 is 0. The normalized spacial score (nSPS) is 15.8. The molecule has 134 valence electrons. The maximum absolute atomic E-state index is 12.8. The molecule has 1 aromatic heterocycles. The van der Waals surface area contributed by atoms with Crippen molar-refractivity contribution < 1.29 is 9.59 Å². The zero-order valence-corrected chi connectivity index (χ0v) is 16.2. The van der Waals surface area contributed by atoms with Crippen molar-refractivity contribution in [2.75, 3.05) is 13.1 Å². The van der Waals surface area contributed by atoms with Crippen molar-refractivity contribution in [2.45, 2.75) is 65.8 Å². The van der Waals surface area contributed by atoms with E-state index in [0.717, 1.165) is 37.0 Å². The second-order valence-corrected chi connectivity index (χ2v) is 8.03. The molecule has 1 fully saturated rings. The van der Waals surface area contributed by atoms with Crippen molar-refractivity contribution in [3.63, 3.8) is 0 Å². The molecule has 1 aliphatic heterocycles. The number of carbonyl (C=O) groups is 2. The quantitative estimate of drug-likeness (QED) is 0.851. The third-order valence-corrected chi connectivity index (χ3v) is 5.77. The number of rotatable bonds is 6. The molecule has 1 saturated heterocycles. The van der Waals surface area contributed by atoms with Gasteiger partial charge in [0.05, 0.1) is 4.88 Å². The summed E-state index contributed by atoms with van der Waals surface area (Å²) in [7, 11) is 0. The Hall–Kier alpha value is -1.36. The van der Waals surface area contributed by atoms with Crippen molar-refractivity contribution in [1.82, 2.24) is 10.2 Å². The number of nitrogens with zero attached hydrogens (tertiary/aromatic N) is 1. The van der Waals surface area contributed by atoms with Gasteiger partial charge < -0.3 is 10.2 Å². The lowest BCUT2D eigenvalue weighted by Gasteiger charge is -2.31. The lowest BCUT2D eigenvalue weighted by atomic mass is 9.95. The van der Waals surface area contributed by atoms with E-state index in [1.165, 1.54) is 10.4 Å². The van der Waals surface area contributed by atoms with Gasteiger partial charge in [-0.05, 0) is 51.2 Å². The van der Waals surface area contributed by atoms with E-state index in [2.05, 4.69) is 25.2 Å². The molecule has 1 aromatic rings. The van der Waals surface area contributed by atoms with E-state index in [-0.39, 0.29) is 23.8 Å². The first-order valence-corrected chi connectivity index (χ1v) is 9.99. The number of nitrogens with one attached hydrogen (secondary N) is 1. The van der Waals surface area contributed by atoms with Crippen LogP contribution in [-0.4, -0.2) is 35.8 Å². The molecule has 0 atom stereocenters. The van der Waals surface area contributed by atoms with Crippen molar-refractivity contribution >= 4 is 23.2 Å². The van der Waals surface area contributed by atoms with Gasteiger partial charge in [-0.3, -0.25) is 9.59 Å². The Labute approximate surface area is 149 Å². The number of thiophene rings is 1. The lowest BCUT2D eigenvalue weighted by Crippen LogP contribution is -2.44. The fourth-order valence-electron chi connectivity index (χ4n) is 3.21. The topological polar surface area (TPSA) is 49.4 Å². The lowest BCUT2D eigenvalue weighted by molar-refractivity contribution is -0.126. The number of aryl methyl sites for hydroxylation is 2. The summed E-state index contributed by atoms with van der Waals surface area (Å²) in [4.78, 5) is 29.0. The van der Waals surface area contributed by atoms with Gasteiger partial charge in [-0.2, -0.15) is 0 Å². The molecule has 0 aromatic carbocycles. The molecule has 0 spiro atoms. The second-order valence-electron chi connectivity index (χ2n) is 6.89. The van der Waals surface area contributed by atoms with E-state index >= 15 is 0 Å². The van der Waals surface area contributed by atoms with Crippen LogP contribution in [0.25, 0.3) is 0 Å². The third kappa shape index (κ3) is 4.59. The Kier molecular flexibility index (Phi) is 6.84. The second kappa shape index (κ2) is 8.65. The van der Waals surface area contributed by atoms with E-state index in [9.17, 15) is 9.59 Å². The van der Waals surface area contributed by atoms with Crippen LogP contribution in [0.4, 0.5) is 0 Å². The van der Waals surface area contributed by atoms with Gasteiger partial charge in [0.2, 0.25) is 5.91 Å². The smallest absolute Gasteiger partial charge is 0.263 e. The SMILES string of the molecule is CCCc1sc(C(=O)N2CCC(C(=O)NC(C)C)CC2)cc1CC. The van der Waals surface area contributed by atoms with Gasteiger partial charge in [0.15, 0.2) is 0 Å². The number of likely N-dealkylation sites (tertiary alicyclic amines) is 1. The summed E-state index contributed by atoms with van der Waals surface area (Å²) in [6.07, 6.45) is 4.67. The Morgan fingerprint density at radius 3 is 2.50 bits per heavy atom. The number of carbonyl (C=O) groups excluding carboxylic acids is 2. The van der Waals surface area contributed by atoms with Crippen LogP contribution in [0.15, 0.2) is 6.07 Å². The van der Waals surface area contributed by atoms with E-state index in [4.69, 9.17) is 0 Å². The molecular weight excluding hydrogens is 320 g/mol. The largest absolute Gasteiger partial charge is 0.354 e. The minimum Gasteiger partial charge on any atom is -0.354 e. The van der Waals surface area contributed by atoms with E-state index in [0.29, 0.717) is 13.1 Å². The molecule has 4 nitrogen and oxygen atoms in total. The van der Waals surface area contributed by atoms with Gasteiger partial charge in [0.25, 0.3) is 5.91 Å². The summed E-state index contributed by atoms with van der Waals surface area (Å²) in [5.74, 6) is 0.313. The van der Waals surface area contributed by atoms with Crippen molar-refractivity contribution in [3.05, 3.63) is 21.4 Å². The van der Waals surface area contributed by atoms with Crippen LogP contribution >= 0.6 is 11.3 Å². The van der Waals surface area contributed by atoms with Crippen LogP contribution in [0.3, 0.4) is 0 Å². The standard InChI is InChI=1S/C19H30N2O2S/c1-5-7-16-14(6-2)12-17(24-16)19(23)21-10-8-15(9-11-21)18(22)20-13(3)4/h12-13,15H,5-11H2,1-4H3,(H,20,22). The molecule has 0 radical (unpaired) electrons. The summed E-state index contributed by atoms with van der Waals surface area (Å²) >= 11 is 1.66. The predicted molar refractivity (Wildman–Crippen MR) is 99.6 cm³/mol. The van der Waals surface area contributed by atoms with Gasteiger partial charge in [-0.15, -0.1) is 11.3 Å². The zero-order chi connectivity index (χ0) is 17.7. The molecule has 1 N–H and O–H groups in total. The van der Waals surface area contributed by atoms with Crippen LogP contribution < -0.4 is 5.32 Å². The monoisotopic (exact) mass is 350 g/mol. The van der Waals surface area contributed by atoms with E-state index in [1.54, 1.807) is 11.3 Å². The Morgan fingerprint density at radius 2 is 1.96 bits per heavy atom. The molecule has 0 bridgehead atoms. The molecule has 1 aliphatic rings. The summed E-state index contributed by atoms with van der Waals surface area (Å²) in [5.41, 5.74) is 1.32. The fourth-order valence-corrected chi connectivity index (χ4v) is 4.54. The maximum atomic E-state index is 12.8. The zero-order valence-electron chi connectivity index (χ0n) is 15.4.